The third-order valence-electron chi connectivity index (χ3n) is 5.25. The summed E-state index contributed by atoms with van der Waals surface area (Å²) in [5.41, 5.74) is 1.63. The van der Waals surface area contributed by atoms with E-state index >= 15 is 0 Å². The molecular formula is C23H25N3O4S2. The van der Waals surface area contributed by atoms with Crippen LogP contribution in [0.25, 0.3) is 21.3 Å². The second kappa shape index (κ2) is 10.3. The lowest BCUT2D eigenvalue weighted by Crippen LogP contribution is -2.33. The molecule has 0 aliphatic carbocycles. The van der Waals surface area contributed by atoms with Gasteiger partial charge in [-0.05, 0) is 30.5 Å². The molecule has 0 spiro atoms. The third-order valence-corrected chi connectivity index (χ3v) is 7.10. The van der Waals surface area contributed by atoms with Gasteiger partial charge >= 0.3 is 0 Å². The fourth-order valence-electron chi connectivity index (χ4n) is 3.60. The number of nitrogens with one attached hydrogen (secondary N) is 1. The Bertz CT molecular complexity index is 1160. The molecule has 3 aromatic rings. The Morgan fingerprint density at radius 1 is 1.44 bits per heavy atom. The zero-order valence-corrected chi connectivity index (χ0v) is 19.5. The van der Waals surface area contributed by atoms with E-state index in [9.17, 15) is 9.59 Å². The van der Waals surface area contributed by atoms with Gasteiger partial charge in [0.15, 0.2) is 5.16 Å². The van der Waals surface area contributed by atoms with Gasteiger partial charge in [0, 0.05) is 30.6 Å². The summed E-state index contributed by atoms with van der Waals surface area (Å²) < 4.78 is 12.3. The Kier molecular flexibility index (Phi) is 7.29. The maximum Gasteiger partial charge on any atom is 0.263 e. The molecule has 168 valence electrons. The van der Waals surface area contributed by atoms with E-state index in [0.29, 0.717) is 28.5 Å². The highest BCUT2D eigenvalue weighted by molar-refractivity contribution is 7.99. The van der Waals surface area contributed by atoms with E-state index in [-0.39, 0.29) is 23.3 Å². The number of methoxy groups -OCH3 is 1. The first-order valence-corrected chi connectivity index (χ1v) is 12.3. The minimum atomic E-state index is -0.135. The summed E-state index contributed by atoms with van der Waals surface area (Å²) in [6.45, 7) is 5.36. The molecule has 1 atom stereocenters. The minimum Gasteiger partial charge on any atom is -0.497 e. The summed E-state index contributed by atoms with van der Waals surface area (Å²) in [7, 11) is 1.62. The molecule has 1 N–H and O–H groups in total. The third kappa shape index (κ3) is 4.90. The van der Waals surface area contributed by atoms with Crippen LogP contribution < -0.4 is 15.6 Å². The van der Waals surface area contributed by atoms with Crippen LogP contribution in [0.15, 0.2) is 52.3 Å². The summed E-state index contributed by atoms with van der Waals surface area (Å²) in [4.78, 5) is 31.1. The number of hydrogen-bond donors (Lipinski definition) is 1. The highest BCUT2D eigenvalue weighted by Crippen LogP contribution is 2.33. The predicted molar refractivity (Wildman–Crippen MR) is 129 cm³/mol. The summed E-state index contributed by atoms with van der Waals surface area (Å²) in [5.74, 6) is 0.834. The van der Waals surface area contributed by atoms with Crippen molar-refractivity contribution in [2.75, 3.05) is 26.0 Å². The quantitative estimate of drug-likeness (QED) is 0.291. The molecule has 2 aromatic heterocycles. The van der Waals surface area contributed by atoms with Gasteiger partial charge in [-0.1, -0.05) is 30.0 Å². The van der Waals surface area contributed by atoms with Crippen molar-refractivity contribution in [3.8, 4) is 16.9 Å². The first-order valence-electron chi connectivity index (χ1n) is 10.4. The first kappa shape index (κ1) is 22.6. The van der Waals surface area contributed by atoms with Crippen molar-refractivity contribution in [2.24, 2.45) is 0 Å². The number of hydrogen-bond acceptors (Lipinski definition) is 7. The van der Waals surface area contributed by atoms with Gasteiger partial charge in [-0.15, -0.1) is 17.9 Å². The SMILES string of the molecule is C=CCn1c(SCC(=O)NC[C@H]2CCCO2)nc2scc(-c3ccc(OC)cc3)c2c1=O. The number of fused-ring (bicyclic) bond motifs is 1. The number of carbonyl (C=O) groups excluding carboxylic acids is 1. The van der Waals surface area contributed by atoms with Crippen LogP contribution in [0.4, 0.5) is 0 Å². The van der Waals surface area contributed by atoms with E-state index in [1.807, 2.05) is 29.6 Å². The van der Waals surface area contributed by atoms with Crippen LogP contribution in [0.3, 0.4) is 0 Å². The van der Waals surface area contributed by atoms with E-state index in [1.165, 1.54) is 23.1 Å². The van der Waals surface area contributed by atoms with Crippen LogP contribution in [0.2, 0.25) is 0 Å². The van der Waals surface area contributed by atoms with Gasteiger partial charge in [0.05, 0.1) is 24.4 Å². The number of carbonyl (C=O) groups is 1. The molecule has 0 radical (unpaired) electrons. The van der Waals surface area contributed by atoms with Crippen LogP contribution in [0.1, 0.15) is 12.8 Å². The van der Waals surface area contributed by atoms with Crippen LogP contribution >= 0.6 is 23.1 Å². The van der Waals surface area contributed by atoms with Crippen LogP contribution in [0, 0.1) is 0 Å². The molecule has 1 aliphatic rings. The lowest BCUT2D eigenvalue weighted by Gasteiger charge is -2.12. The van der Waals surface area contributed by atoms with E-state index in [2.05, 4.69) is 11.9 Å². The molecule has 4 rings (SSSR count). The Balaban J connectivity index is 1.57. The monoisotopic (exact) mass is 471 g/mol. The summed E-state index contributed by atoms with van der Waals surface area (Å²) in [5, 5.41) is 5.94. The number of amides is 1. The molecule has 0 saturated carbocycles. The molecule has 1 aromatic carbocycles. The lowest BCUT2D eigenvalue weighted by atomic mass is 10.1. The minimum absolute atomic E-state index is 0.0971. The van der Waals surface area contributed by atoms with Crippen molar-refractivity contribution in [1.29, 1.82) is 0 Å². The molecule has 7 nitrogen and oxygen atoms in total. The maximum absolute atomic E-state index is 13.4. The molecule has 3 heterocycles. The fraction of sp³-hybridized carbons (Fsp3) is 0.348. The second-order valence-electron chi connectivity index (χ2n) is 7.38. The van der Waals surface area contributed by atoms with E-state index in [0.717, 1.165) is 36.3 Å². The molecule has 1 saturated heterocycles. The number of rotatable bonds is 9. The number of thioether (sulfide) groups is 1. The zero-order valence-electron chi connectivity index (χ0n) is 17.8. The molecule has 0 bridgehead atoms. The topological polar surface area (TPSA) is 82.5 Å². The molecule has 1 fully saturated rings. The predicted octanol–water partition coefficient (Wildman–Crippen LogP) is 3.71. The summed E-state index contributed by atoms with van der Waals surface area (Å²) in [6, 6.07) is 7.60. The Labute approximate surface area is 194 Å². The lowest BCUT2D eigenvalue weighted by molar-refractivity contribution is -0.119. The molecular weight excluding hydrogens is 446 g/mol. The van der Waals surface area contributed by atoms with Crippen molar-refractivity contribution in [2.45, 2.75) is 30.6 Å². The van der Waals surface area contributed by atoms with Crippen molar-refractivity contribution in [3.63, 3.8) is 0 Å². The smallest absolute Gasteiger partial charge is 0.263 e. The van der Waals surface area contributed by atoms with Crippen LogP contribution in [-0.4, -0.2) is 47.6 Å². The summed E-state index contributed by atoms with van der Waals surface area (Å²) >= 11 is 2.68. The first-order chi connectivity index (χ1) is 15.6. The van der Waals surface area contributed by atoms with Gasteiger partial charge in [0.25, 0.3) is 5.56 Å². The van der Waals surface area contributed by atoms with Gasteiger partial charge in [0.1, 0.15) is 10.6 Å². The molecule has 9 heteroatoms. The maximum atomic E-state index is 13.4. The normalized spacial score (nSPS) is 15.7. The highest BCUT2D eigenvalue weighted by Gasteiger charge is 2.19. The Hall–Kier alpha value is -2.62. The van der Waals surface area contributed by atoms with Crippen molar-refractivity contribution >= 4 is 39.2 Å². The number of ether oxygens (including phenoxy) is 2. The van der Waals surface area contributed by atoms with Gasteiger partial charge in [0.2, 0.25) is 5.91 Å². The number of nitrogens with zero attached hydrogens (tertiary/aromatic N) is 2. The van der Waals surface area contributed by atoms with Gasteiger partial charge < -0.3 is 14.8 Å². The van der Waals surface area contributed by atoms with Crippen LogP contribution in [0.5, 0.6) is 5.75 Å². The molecule has 1 amide bonds. The average molecular weight is 472 g/mol. The zero-order chi connectivity index (χ0) is 22.5. The molecule has 0 unspecified atom stereocenters. The molecule has 32 heavy (non-hydrogen) atoms. The van der Waals surface area contributed by atoms with Crippen molar-refractivity contribution in [3.05, 3.63) is 52.7 Å². The van der Waals surface area contributed by atoms with Gasteiger partial charge in [-0.25, -0.2) is 4.98 Å². The standard InChI is InChI=1S/C23H25N3O4S2/c1-3-10-26-22(28)20-18(15-6-8-16(29-2)9-7-15)13-31-21(20)25-23(26)32-14-19(27)24-12-17-5-4-11-30-17/h3,6-9,13,17H,1,4-5,10-12,14H2,2H3,(H,24,27)/t17-/m1/s1. The van der Waals surface area contributed by atoms with Crippen LogP contribution in [-0.2, 0) is 16.1 Å². The highest BCUT2D eigenvalue weighted by atomic mass is 32.2. The van der Waals surface area contributed by atoms with Crippen molar-refractivity contribution in [1.82, 2.24) is 14.9 Å². The number of benzene rings is 1. The Morgan fingerprint density at radius 3 is 2.94 bits per heavy atom. The van der Waals surface area contributed by atoms with E-state index in [1.54, 1.807) is 17.8 Å². The largest absolute Gasteiger partial charge is 0.497 e. The number of aromatic nitrogens is 2. The fourth-order valence-corrected chi connectivity index (χ4v) is 5.43. The number of thiophene rings is 1. The second-order valence-corrected chi connectivity index (χ2v) is 9.19. The number of allylic oxidation sites excluding steroid dienone is 1. The van der Waals surface area contributed by atoms with Gasteiger partial charge in [-0.2, -0.15) is 0 Å². The Morgan fingerprint density at radius 2 is 2.25 bits per heavy atom. The van der Waals surface area contributed by atoms with E-state index < -0.39 is 0 Å². The van der Waals surface area contributed by atoms with Crippen molar-refractivity contribution < 1.29 is 14.3 Å². The average Bonchev–Trinajstić information content (AvgIpc) is 3.48. The summed E-state index contributed by atoms with van der Waals surface area (Å²) in [6.07, 6.45) is 3.77. The van der Waals surface area contributed by atoms with Gasteiger partial charge in [-0.3, -0.25) is 14.2 Å². The van der Waals surface area contributed by atoms with E-state index in [4.69, 9.17) is 14.5 Å². The molecule has 1 aliphatic heterocycles.